The van der Waals surface area contributed by atoms with E-state index in [4.69, 9.17) is 14.2 Å². The lowest BCUT2D eigenvalue weighted by molar-refractivity contribution is -0.167. The quantitative estimate of drug-likeness (QED) is 0.0261. The molecule has 0 rings (SSSR count). The van der Waals surface area contributed by atoms with Crippen LogP contribution in [0.25, 0.3) is 0 Å². The fourth-order valence-electron chi connectivity index (χ4n) is 10.0. The van der Waals surface area contributed by atoms with Gasteiger partial charge in [0.15, 0.2) is 6.10 Å². The average Bonchev–Trinajstić information content (AvgIpc) is 3.45. The molecule has 1 atom stereocenters. The molecule has 0 saturated carbocycles. The third-order valence-electron chi connectivity index (χ3n) is 15.2. The van der Waals surface area contributed by atoms with Crippen LogP contribution in [0.3, 0.4) is 0 Å². The second-order valence-corrected chi connectivity index (χ2v) is 23.1. The molecule has 1 unspecified atom stereocenters. The molecule has 0 aliphatic carbocycles. The Morgan fingerprint density at radius 1 is 0.266 bits per heavy atom. The zero-order valence-electron chi connectivity index (χ0n) is 52.6. The maximum atomic E-state index is 12.9. The number of carbonyl (C=O) groups is 3. The van der Waals surface area contributed by atoms with Gasteiger partial charge < -0.3 is 14.2 Å². The highest BCUT2D eigenvalue weighted by molar-refractivity contribution is 5.71. The Bertz CT molecular complexity index is 1450. The zero-order valence-corrected chi connectivity index (χ0v) is 52.6. The van der Waals surface area contributed by atoms with Crippen molar-refractivity contribution in [3.63, 3.8) is 0 Å². The summed E-state index contributed by atoms with van der Waals surface area (Å²) in [6, 6.07) is 0. The van der Waals surface area contributed by atoms with E-state index in [-0.39, 0.29) is 31.1 Å². The SMILES string of the molecule is CC/C=C\C/C=C\C/C=C\C/C=C\CCCCCCCCCCCCCCCCCCCCC(=O)OCC(COC(=O)CCCCCCC/C=C\C/C=C\CCCC)OC(=O)CCCCCCCCCCCCCCCCCC. The van der Waals surface area contributed by atoms with Crippen molar-refractivity contribution in [1.29, 1.82) is 0 Å². The average molecular weight is 1100 g/mol. The number of unbranched alkanes of at least 4 members (excludes halogenated alkanes) is 40. The summed E-state index contributed by atoms with van der Waals surface area (Å²) in [6.07, 6.45) is 87.9. The molecule has 6 nitrogen and oxygen atoms in total. The molecule has 0 radical (unpaired) electrons. The summed E-state index contributed by atoms with van der Waals surface area (Å²) in [5.41, 5.74) is 0. The summed E-state index contributed by atoms with van der Waals surface area (Å²) in [5.74, 6) is -0.867. The van der Waals surface area contributed by atoms with Gasteiger partial charge in [0.1, 0.15) is 13.2 Å². The van der Waals surface area contributed by atoms with E-state index in [0.29, 0.717) is 19.3 Å². The number of allylic oxidation sites excluding steroid dienone is 12. The third-order valence-corrected chi connectivity index (χ3v) is 15.2. The standard InChI is InChI=1S/C73H130O6/c1-4-7-10-13-16-19-22-25-28-30-31-32-33-34-35-36-37-38-39-40-41-42-43-44-46-48-51-54-57-60-63-66-72(75)78-69-70(68-77-71(74)65-62-59-56-53-50-47-27-24-21-18-15-12-9-6-3)79-73(76)67-64-61-58-55-52-49-45-29-26-23-20-17-14-11-8-5-2/h7,10,15-16,18-19,24-25,27-28,31-32,70H,4-6,8-9,11-14,17,20-23,26,29-30,33-69H2,1-3H3/b10-7-,18-15-,19-16-,27-24-,28-25-,32-31-. The van der Waals surface area contributed by atoms with Crippen LogP contribution in [0.2, 0.25) is 0 Å². The lowest BCUT2D eigenvalue weighted by atomic mass is 10.0. The van der Waals surface area contributed by atoms with Crippen LogP contribution in [0.1, 0.15) is 355 Å². The van der Waals surface area contributed by atoms with Gasteiger partial charge in [0.25, 0.3) is 0 Å². The molecule has 0 saturated heterocycles. The van der Waals surface area contributed by atoms with E-state index in [9.17, 15) is 14.4 Å². The first-order chi connectivity index (χ1) is 39.0. The summed E-state index contributed by atoms with van der Waals surface area (Å²) in [5, 5.41) is 0. The van der Waals surface area contributed by atoms with Gasteiger partial charge in [-0.3, -0.25) is 14.4 Å². The molecule has 0 aliphatic rings. The van der Waals surface area contributed by atoms with E-state index in [2.05, 4.69) is 93.7 Å². The zero-order chi connectivity index (χ0) is 57.1. The number of carbonyl (C=O) groups excluding carboxylic acids is 3. The van der Waals surface area contributed by atoms with Crippen molar-refractivity contribution in [2.75, 3.05) is 13.2 Å². The van der Waals surface area contributed by atoms with Crippen LogP contribution in [-0.2, 0) is 28.6 Å². The first-order valence-corrected chi connectivity index (χ1v) is 34.4. The Hall–Kier alpha value is -3.15. The fourth-order valence-corrected chi connectivity index (χ4v) is 10.0. The van der Waals surface area contributed by atoms with Crippen LogP contribution in [0.4, 0.5) is 0 Å². The van der Waals surface area contributed by atoms with E-state index < -0.39 is 6.10 Å². The Balaban J connectivity index is 4.18. The van der Waals surface area contributed by atoms with Crippen molar-refractivity contribution in [3.8, 4) is 0 Å². The molecule has 0 aliphatic heterocycles. The summed E-state index contributed by atoms with van der Waals surface area (Å²) >= 11 is 0. The predicted octanol–water partition coefficient (Wildman–Crippen LogP) is 23.7. The lowest BCUT2D eigenvalue weighted by Crippen LogP contribution is -2.30. The van der Waals surface area contributed by atoms with Gasteiger partial charge in [-0.15, -0.1) is 0 Å². The highest BCUT2D eigenvalue weighted by Gasteiger charge is 2.19. The Morgan fingerprint density at radius 3 is 0.810 bits per heavy atom. The molecule has 79 heavy (non-hydrogen) atoms. The van der Waals surface area contributed by atoms with E-state index in [1.165, 1.54) is 212 Å². The van der Waals surface area contributed by atoms with Gasteiger partial charge in [-0.05, 0) is 83.5 Å². The van der Waals surface area contributed by atoms with Crippen LogP contribution in [0.15, 0.2) is 72.9 Å². The van der Waals surface area contributed by atoms with Crippen molar-refractivity contribution < 1.29 is 28.6 Å². The van der Waals surface area contributed by atoms with Crippen LogP contribution >= 0.6 is 0 Å². The van der Waals surface area contributed by atoms with Crippen molar-refractivity contribution in [1.82, 2.24) is 0 Å². The molecular formula is C73H130O6. The molecule has 458 valence electrons. The van der Waals surface area contributed by atoms with Crippen LogP contribution in [0.5, 0.6) is 0 Å². The maximum Gasteiger partial charge on any atom is 0.306 e. The van der Waals surface area contributed by atoms with Crippen molar-refractivity contribution in [3.05, 3.63) is 72.9 Å². The minimum Gasteiger partial charge on any atom is -0.462 e. The molecule has 0 aromatic heterocycles. The molecule has 0 bridgehead atoms. The number of ether oxygens (including phenoxy) is 3. The topological polar surface area (TPSA) is 78.9 Å². The normalized spacial score (nSPS) is 12.5. The molecule has 0 heterocycles. The largest absolute Gasteiger partial charge is 0.462 e. The third kappa shape index (κ3) is 65.5. The molecule has 0 aromatic rings. The van der Waals surface area contributed by atoms with E-state index in [0.717, 1.165) is 103 Å². The second kappa shape index (κ2) is 67.4. The minimum atomic E-state index is -0.778. The molecule has 0 spiro atoms. The highest BCUT2D eigenvalue weighted by Crippen LogP contribution is 2.18. The van der Waals surface area contributed by atoms with E-state index >= 15 is 0 Å². The number of esters is 3. The second-order valence-electron chi connectivity index (χ2n) is 23.1. The number of rotatable bonds is 63. The van der Waals surface area contributed by atoms with Crippen LogP contribution in [-0.4, -0.2) is 37.2 Å². The Morgan fingerprint density at radius 2 is 0.506 bits per heavy atom. The number of hydrogen-bond donors (Lipinski definition) is 0. The Labute approximate surface area is 491 Å². The van der Waals surface area contributed by atoms with Gasteiger partial charge in [0.2, 0.25) is 0 Å². The van der Waals surface area contributed by atoms with Gasteiger partial charge >= 0.3 is 17.9 Å². The van der Waals surface area contributed by atoms with E-state index in [1.54, 1.807) is 0 Å². The predicted molar refractivity (Wildman–Crippen MR) is 344 cm³/mol. The van der Waals surface area contributed by atoms with Crippen molar-refractivity contribution >= 4 is 17.9 Å². The molecule has 0 amide bonds. The molecule has 6 heteroatoms. The van der Waals surface area contributed by atoms with Crippen molar-refractivity contribution in [2.45, 2.75) is 361 Å². The minimum absolute atomic E-state index is 0.0744. The van der Waals surface area contributed by atoms with Gasteiger partial charge in [-0.2, -0.15) is 0 Å². The first kappa shape index (κ1) is 75.8. The van der Waals surface area contributed by atoms with Gasteiger partial charge in [-0.1, -0.05) is 325 Å². The van der Waals surface area contributed by atoms with Crippen LogP contribution < -0.4 is 0 Å². The smallest absolute Gasteiger partial charge is 0.306 e. The lowest BCUT2D eigenvalue weighted by Gasteiger charge is -2.18. The molecular weight excluding hydrogens is 973 g/mol. The molecule has 0 N–H and O–H groups in total. The summed E-state index contributed by atoms with van der Waals surface area (Å²) in [4.78, 5) is 38.4. The number of hydrogen-bond acceptors (Lipinski definition) is 6. The maximum absolute atomic E-state index is 12.9. The van der Waals surface area contributed by atoms with Gasteiger partial charge in [0.05, 0.1) is 0 Å². The molecule has 0 aromatic carbocycles. The monoisotopic (exact) mass is 1100 g/mol. The van der Waals surface area contributed by atoms with Gasteiger partial charge in [0, 0.05) is 19.3 Å². The first-order valence-electron chi connectivity index (χ1n) is 34.4. The van der Waals surface area contributed by atoms with Crippen LogP contribution in [0, 0.1) is 0 Å². The van der Waals surface area contributed by atoms with Gasteiger partial charge in [-0.25, -0.2) is 0 Å². The fraction of sp³-hybridized carbons (Fsp3) is 0.795. The summed E-state index contributed by atoms with van der Waals surface area (Å²) < 4.78 is 17.0. The van der Waals surface area contributed by atoms with E-state index in [1.807, 2.05) is 0 Å². The Kier molecular flexibility index (Phi) is 64.7. The summed E-state index contributed by atoms with van der Waals surface area (Å²) in [7, 11) is 0. The highest BCUT2D eigenvalue weighted by atomic mass is 16.6. The molecule has 0 fully saturated rings. The summed E-state index contributed by atoms with van der Waals surface area (Å²) in [6.45, 7) is 6.53. The van der Waals surface area contributed by atoms with Crippen molar-refractivity contribution in [2.24, 2.45) is 0 Å².